The third-order valence-corrected chi connectivity index (χ3v) is 1.89. The molecule has 0 aromatic rings. The number of hydroxylamine groups is 1. The van der Waals surface area contributed by atoms with Crippen molar-refractivity contribution in [2.45, 2.75) is 38.0 Å². The maximum Gasteiger partial charge on any atom is 0.426 e. The molecule has 80 valence electrons. The highest BCUT2D eigenvalue weighted by molar-refractivity contribution is 5.68. The second-order valence-electron chi connectivity index (χ2n) is 3.34. The Balaban J connectivity index is 2.14. The molecule has 0 aromatic carbocycles. The van der Waals surface area contributed by atoms with E-state index in [4.69, 9.17) is 5.11 Å². The van der Waals surface area contributed by atoms with Gasteiger partial charge in [-0.1, -0.05) is 0 Å². The van der Waals surface area contributed by atoms with Gasteiger partial charge in [-0.25, -0.2) is 4.79 Å². The largest absolute Gasteiger partial charge is 0.426 e. The second-order valence-corrected chi connectivity index (χ2v) is 3.34. The van der Waals surface area contributed by atoms with Crippen molar-refractivity contribution in [3.05, 3.63) is 0 Å². The summed E-state index contributed by atoms with van der Waals surface area (Å²) in [6.45, 7) is 1.51. The van der Waals surface area contributed by atoms with E-state index in [0.717, 1.165) is 12.8 Å². The van der Waals surface area contributed by atoms with Crippen molar-refractivity contribution >= 4 is 12.4 Å². The predicted molar refractivity (Wildman–Crippen MR) is 47.3 cm³/mol. The van der Waals surface area contributed by atoms with Crippen molar-refractivity contribution in [2.75, 3.05) is 0 Å². The Morgan fingerprint density at radius 2 is 2.29 bits per heavy atom. The third kappa shape index (κ3) is 3.71. The number of aliphatic hydroxyl groups excluding tert-OH is 1. The molecule has 1 saturated carbocycles. The minimum atomic E-state index is -1.21. The summed E-state index contributed by atoms with van der Waals surface area (Å²) < 4.78 is 0. The molecule has 6 nitrogen and oxygen atoms in total. The van der Waals surface area contributed by atoms with Crippen LogP contribution in [0.15, 0.2) is 0 Å². The van der Waals surface area contributed by atoms with Crippen molar-refractivity contribution in [1.82, 2.24) is 10.8 Å². The summed E-state index contributed by atoms with van der Waals surface area (Å²) in [6.07, 6.45) is 0.465. The number of hydrogen-bond acceptors (Lipinski definition) is 5. The zero-order chi connectivity index (χ0) is 10.6. The topological polar surface area (TPSA) is 87.7 Å². The lowest BCUT2D eigenvalue weighted by atomic mass is 10.2. The highest BCUT2D eigenvalue weighted by Crippen LogP contribution is 2.18. The summed E-state index contributed by atoms with van der Waals surface area (Å²) in [5.41, 5.74) is 2.54. The van der Waals surface area contributed by atoms with Crippen LogP contribution in [-0.2, 0) is 9.63 Å². The Morgan fingerprint density at radius 1 is 1.64 bits per heavy atom. The highest BCUT2D eigenvalue weighted by atomic mass is 16.7. The lowest BCUT2D eigenvalue weighted by molar-refractivity contribution is -0.115. The number of rotatable bonds is 5. The Hall–Kier alpha value is -1.14. The van der Waals surface area contributed by atoms with Crippen LogP contribution in [0.1, 0.15) is 19.8 Å². The molecule has 1 amide bonds. The highest BCUT2D eigenvalue weighted by Gasteiger charge is 2.23. The molecule has 0 bridgehead atoms. The van der Waals surface area contributed by atoms with Crippen LogP contribution in [-0.4, -0.2) is 35.7 Å². The Labute approximate surface area is 81.6 Å². The van der Waals surface area contributed by atoms with Crippen molar-refractivity contribution in [2.24, 2.45) is 0 Å². The molecule has 3 N–H and O–H groups in total. The Bertz CT molecular complexity index is 217. The molecule has 1 fully saturated rings. The van der Waals surface area contributed by atoms with Crippen LogP contribution < -0.4 is 10.8 Å². The molecule has 0 radical (unpaired) electrons. The summed E-state index contributed by atoms with van der Waals surface area (Å²) in [5.74, 6) is 0. The number of hydrogen-bond donors (Lipinski definition) is 3. The van der Waals surface area contributed by atoms with E-state index in [1.807, 2.05) is 0 Å². The van der Waals surface area contributed by atoms with Crippen LogP contribution in [0.5, 0.6) is 0 Å². The van der Waals surface area contributed by atoms with Gasteiger partial charge >= 0.3 is 6.09 Å². The Kier molecular flexibility index (Phi) is 3.84. The molecule has 1 aliphatic rings. The molecule has 0 aromatic heterocycles. The molecule has 6 heteroatoms. The van der Waals surface area contributed by atoms with Gasteiger partial charge in [-0.3, -0.25) is 0 Å². The average Bonchev–Trinajstić information content (AvgIpc) is 2.96. The van der Waals surface area contributed by atoms with Crippen LogP contribution in [0.2, 0.25) is 0 Å². The predicted octanol–water partition coefficient (Wildman–Crippen LogP) is -0.672. The zero-order valence-corrected chi connectivity index (χ0v) is 7.90. The van der Waals surface area contributed by atoms with E-state index in [0.29, 0.717) is 6.29 Å². The maximum absolute atomic E-state index is 11.0. The number of amides is 1. The number of aliphatic hydroxyl groups is 1. The quantitative estimate of drug-likeness (QED) is 0.406. The summed E-state index contributed by atoms with van der Waals surface area (Å²) in [7, 11) is 0. The van der Waals surface area contributed by atoms with Gasteiger partial charge in [0.05, 0.1) is 6.04 Å². The third-order valence-electron chi connectivity index (χ3n) is 1.89. The van der Waals surface area contributed by atoms with Gasteiger partial charge in [0, 0.05) is 6.04 Å². The molecule has 0 aliphatic heterocycles. The van der Waals surface area contributed by atoms with Crippen molar-refractivity contribution < 1.29 is 19.5 Å². The van der Waals surface area contributed by atoms with Crippen LogP contribution in [0.4, 0.5) is 4.79 Å². The van der Waals surface area contributed by atoms with Crippen LogP contribution >= 0.6 is 0 Å². The minimum Gasteiger partial charge on any atom is -0.383 e. The van der Waals surface area contributed by atoms with Gasteiger partial charge in [0.2, 0.25) is 0 Å². The van der Waals surface area contributed by atoms with E-state index in [9.17, 15) is 9.59 Å². The lowest BCUT2D eigenvalue weighted by Crippen LogP contribution is -2.43. The summed E-state index contributed by atoms with van der Waals surface area (Å²) >= 11 is 0. The SMILES string of the molecule is CC(NC(=O)ONC1CC1)C(O)C=O. The minimum absolute atomic E-state index is 0.257. The van der Waals surface area contributed by atoms with Crippen LogP contribution in [0.25, 0.3) is 0 Å². The average molecular weight is 202 g/mol. The molecule has 0 spiro atoms. The lowest BCUT2D eigenvalue weighted by Gasteiger charge is -2.15. The van der Waals surface area contributed by atoms with Crippen molar-refractivity contribution in [3.8, 4) is 0 Å². The number of nitrogens with one attached hydrogen (secondary N) is 2. The second kappa shape index (κ2) is 4.92. The monoisotopic (exact) mass is 202 g/mol. The first-order chi connectivity index (χ1) is 6.63. The van der Waals surface area contributed by atoms with E-state index in [1.54, 1.807) is 0 Å². The molecule has 1 rings (SSSR count). The van der Waals surface area contributed by atoms with Crippen molar-refractivity contribution in [3.63, 3.8) is 0 Å². The van der Waals surface area contributed by atoms with E-state index in [2.05, 4.69) is 15.6 Å². The Morgan fingerprint density at radius 3 is 2.79 bits per heavy atom. The van der Waals surface area contributed by atoms with E-state index in [1.165, 1.54) is 6.92 Å². The molecule has 14 heavy (non-hydrogen) atoms. The normalized spacial score (nSPS) is 19.6. The number of carbonyl (C=O) groups is 2. The van der Waals surface area contributed by atoms with E-state index < -0.39 is 18.2 Å². The molecule has 0 saturated heterocycles. The molecule has 2 atom stereocenters. The van der Waals surface area contributed by atoms with E-state index >= 15 is 0 Å². The van der Waals surface area contributed by atoms with Gasteiger partial charge in [0.1, 0.15) is 6.10 Å². The molecular weight excluding hydrogens is 188 g/mol. The summed E-state index contributed by atoms with van der Waals surface area (Å²) in [5, 5.41) is 11.3. The fourth-order valence-electron chi connectivity index (χ4n) is 0.757. The molecular formula is C8H14N2O4. The van der Waals surface area contributed by atoms with Gasteiger partial charge in [0.15, 0.2) is 6.29 Å². The van der Waals surface area contributed by atoms with E-state index in [-0.39, 0.29) is 6.04 Å². The van der Waals surface area contributed by atoms with Gasteiger partial charge in [-0.05, 0) is 19.8 Å². The number of aldehydes is 1. The first kappa shape index (κ1) is 10.9. The van der Waals surface area contributed by atoms with Crippen LogP contribution in [0.3, 0.4) is 0 Å². The van der Waals surface area contributed by atoms with Crippen molar-refractivity contribution in [1.29, 1.82) is 0 Å². The number of carbonyl (C=O) groups excluding carboxylic acids is 2. The van der Waals surface area contributed by atoms with Gasteiger partial charge in [0.25, 0.3) is 0 Å². The summed E-state index contributed by atoms with van der Waals surface area (Å²) in [4.78, 5) is 25.7. The van der Waals surface area contributed by atoms with Gasteiger partial charge < -0.3 is 20.1 Å². The zero-order valence-electron chi connectivity index (χ0n) is 7.90. The molecule has 0 heterocycles. The first-order valence-electron chi connectivity index (χ1n) is 4.49. The molecule has 2 unspecified atom stereocenters. The van der Waals surface area contributed by atoms with Gasteiger partial charge in [-0.2, -0.15) is 0 Å². The van der Waals surface area contributed by atoms with Gasteiger partial charge in [-0.15, -0.1) is 5.48 Å². The fourth-order valence-corrected chi connectivity index (χ4v) is 0.757. The molecule has 1 aliphatic carbocycles. The fraction of sp³-hybridized carbons (Fsp3) is 0.750. The standard InChI is InChI=1S/C8H14N2O4/c1-5(7(12)4-11)9-8(13)14-10-6-2-3-6/h4-7,10,12H,2-3H2,1H3,(H,9,13). The summed E-state index contributed by atoms with van der Waals surface area (Å²) in [6, 6.07) is -0.395. The first-order valence-corrected chi connectivity index (χ1v) is 4.49. The smallest absolute Gasteiger partial charge is 0.383 e. The van der Waals surface area contributed by atoms with Crippen LogP contribution in [0, 0.1) is 0 Å². The maximum atomic E-state index is 11.0.